The minimum atomic E-state index is -0.617. The maximum atomic E-state index is 11.9. The first-order valence-electron chi connectivity index (χ1n) is 7.14. The van der Waals surface area contributed by atoms with Gasteiger partial charge in [0.15, 0.2) is 0 Å². The Bertz CT molecular complexity index is 486. The molecule has 0 aliphatic heterocycles. The monoisotopic (exact) mass is 324 g/mol. The molecule has 1 aromatic rings. The lowest BCUT2D eigenvalue weighted by atomic mass is 10.2. The van der Waals surface area contributed by atoms with Gasteiger partial charge < -0.3 is 15.4 Å². The summed E-state index contributed by atoms with van der Waals surface area (Å²) in [5.41, 5.74) is 0.592. The third-order valence-electron chi connectivity index (χ3n) is 2.65. The van der Waals surface area contributed by atoms with Crippen molar-refractivity contribution in [1.82, 2.24) is 10.6 Å². The Hall–Kier alpha value is -1.69. The smallest absolute Gasteiger partial charge is 0.408 e. The molecular formula is C16H24N2O3S. The number of carbonyl (C=O) groups is 2. The zero-order chi connectivity index (χ0) is 16.6. The van der Waals surface area contributed by atoms with Crippen molar-refractivity contribution >= 4 is 23.8 Å². The second-order valence-corrected chi connectivity index (χ2v) is 6.84. The van der Waals surface area contributed by atoms with Gasteiger partial charge in [0.05, 0.1) is 0 Å². The largest absolute Gasteiger partial charge is 0.444 e. The maximum absolute atomic E-state index is 11.9. The van der Waals surface area contributed by atoms with Crippen LogP contribution in [0.5, 0.6) is 0 Å². The van der Waals surface area contributed by atoms with Crippen molar-refractivity contribution in [2.75, 3.05) is 12.8 Å². The van der Waals surface area contributed by atoms with E-state index in [1.54, 1.807) is 39.6 Å². The number of benzene rings is 1. The number of alkyl carbamates (subject to hydrolysis) is 1. The third kappa shape index (κ3) is 7.36. The molecule has 0 bridgehead atoms. The van der Waals surface area contributed by atoms with Crippen molar-refractivity contribution in [3.63, 3.8) is 0 Å². The predicted octanol–water partition coefficient (Wildman–Crippen LogP) is 2.56. The Kier molecular flexibility index (Phi) is 7.24. The van der Waals surface area contributed by atoms with Crippen molar-refractivity contribution < 1.29 is 14.3 Å². The van der Waals surface area contributed by atoms with E-state index in [1.807, 2.05) is 30.3 Å². The van der Waals surface area contributed by atoms with Crippen molar-refractivity contribution in [2.45, 2.75) is 38.2 Å². The van der Waals surface area contributed by atoms with Crippen LogP contribution in [0.25, 0.3) is 0 Å². The average molecular weight is 324 g/mol. The number of thioether (sulfide) groups is 1. The highest BCUT2D eigenvalue weighted by molar-refractivity contribution is 7.98. The van der Waals surface area contributed by atoms with Crippen LogP contribution in [0.3, 0.4) is 0 Å². The molecule has 0 heterocycles. The first kappa shape index (κ1) is 18.4. The summed E-state index contributed by atoms with van der Waals surface area (Å²) in [6.07, 6.45) is -0.582. The molecule has 0 unspecified atom stereocenters. The summed E-state index contributed by atoms with van der Waals surface area (Å²) in [6.45, 7) is 5.35. The van der Waals surface area contributed by atoms with E-state index in [1.165, 1.54) is 5.56 Å². The SMILES string of the molecule is CNC(=O)[C@@H](CSCc1ccccc1)NC(=O)OC(C)(C)C. The van der Waals surface area contributed by atoms with Crippen LogP contribution in [0.4, 0.5) is 4.79 Å². The van der Waals surface area contributed by atoms with Crippen LogP contribution in [-0.2, 0) is 15.3 Å². The van der Waals surface area contributed by atoms with Crippen molar-refractivity contribution in [1.29, 1.82) is 0 Å². The molecular weight excluding hydrogens is 300 g/mol. The summed E-state index contributed by atoms with van der Waals surface area (Å²) in [5, 5.41) is 5.18. The number of hydrogen-bond acceptors (Lipinski definition) is 4. The lowest BCUT2D eigenvalue weighted by molar-refractivity contribution is -0.122. The number of hydrogen-bond donors (Lipinski definition) is 2. The summed E-state index contributed by atoms with van der Waals surface area (Å²) < 4.78 is 5.19. The van der Waals surface area contributed by atoms with Crippen LogP contribution < -0.4 is 10.6 Å². The van der Waals surface area contributed by atoms with Crippen LogP contribution in [0, 0.1) is 0 Å². The van der Waals surface area contributed by atoms with Crippen LogP contribution in [-0.4, -0.2) is 36.4 Å². The fraction of sp³-hybridized carbons (Fsp3) is 0.500. The molecule has 6 heteroatoms. The molecule has 2 N–H and O–H groups in total. The highest BCUT2D eigenvalue weighted by Gasteiger charge is 2.23. The zero-order valence-electron chi connectivity index (χ0n) is 13.5. The van der Waals surface area contributed by atoms with Crippen LogP contribution in [0.1, 0.15) is 26.3 Å². The number of ether oxygens (including phenoxy) is 1. The fourth-order valence-corrected chi connectivity index (χ4v) is 2.69. The molecule has 1 atom stereocenters. The molecule has 0 saturated heterocycles. The van der Waals surface area contributed by atoms with Crippen LogP contribution >= 0.6 is 11.8 Å². The van der Waals surface area contributed by atoms with Gasteiger partial charge in [-0.2, -0.15) is 11.8 Å². The first-order valence-corrected chi connectivity index (χ1v) is 8.30. The van der Waals surface area contributed by atoms with Gasteiger partial charge in [-0.25, -0.2) is 4.79 Å². The summed E-state index contributed by atoms with van der Waals surface area (Å²) in [6, 6.07) is 9.36. The lowest BCUT2D eigenvalue weighted by Gasteiger charge is -2.22. The lowest BCUT2D eigenvalue weighted by Crippen LogP contribution is -2.48. The van der Waals surface area contributed by atoms with E-state index in [-0.39, 0.29) is 5.91 Å². The van der Waals surface area contributed by atoms with E-state index in [4.69, 9.17) is 4.74 Å². The van der Waals surface area contributed by atoms with Gasteiger partial charge in [-0.1, -0.05) is 30.3 Å². The van der Waals surface area contributed by atoms with Gasteiger partial charge in [-0.05, 0) is 26.3 Å². The zero-order valence-corrected chi connectivity index (χ0v) is 14.3. The summed E-state index contributed by atoms with van der Waals surface area (Å²) in [5.74, 6) is 1.03. The highest BCUT2D eigenvalue weighted by Crippen LogP contribution is 2.13. The molecule has 1 aromatic carbocycles. The third-order valence-corrected chi connectivity index (χ3v) is 3.76. The Labute approximate surface area is 136 Å². The van der Waals surface area contributed by atoms with Crippen molar-refractivity contribution in [3.8, 4) is 0 Å². The number of nitrogens with one attached hydrogen (secondary N) is 2. The summed E-state index contributed by atoms with van der Waals surface area (Å²) in [4.78, 5) is 23.7. The van der Waals surface area contributed by atoms with E-state index in [9.17, 15) is 9.59 Å². The molecule has 0 fully saturated rings. The minimum absolute atomic E-state index is 0.230. The quantitative estimate of drug-likeness (QED) is 0.844. The van der Waals surface area contributed by atoms with E-state index >= 15 is 0 Å². The van der Waals surface area contributed by atoms with Gasteiger partial charge in [-0.3, -0.25) is 4.79 Å². The maximum Gasteiger partial charge on any atom is 0.408 e. The van der Waals surface area contributed by atoms with E-state index in [0.717, 1.165) is 5.75 Å². The second-order valence-electron chi connectivity index (χ2n) is 5.81. The van der Waals surface area contributed by atoms with Crippen LogP contribution in [0.2, 0.25) is 0 Å². The average Bonchev–Trinajstić information content (AvgIpc) is 2.44. The molecule has 122 valence electrons. The highest BCUT2D eigenvalue weighted by atomic mass is 32.2. The molecule has 5 nitrogen and oxygen atoms in total. The molecule has 1 rings (SSSR count). The topological polar surface area (TPSA) is 67.4 Å². The Morgan fingerprint density at radius 1 is 1.23 bits per heavy atom. The summed E-state index contributed by atoms with van der Waals surface area (Å²) in [7, 11) is 1.55. The van der Waals surface area contributed by atoms with Crippen LogP contribution in [0.15, 0.2) is 30.3 Å². The molecule has 0 saturated carbocycles. The Balaban J connectivity index is 2.50. The Morgan fingerprint density at radius 2 is 1.86 bits per heavy atom. The standard InChI is InChI=1S/C16H24N2O3S/c1-16(2,3)21-15(20)18-13(14(19)17-4)11-22-10-12-8-6-5-7-9-12/h5-9,13H,10-11H2,1-4H3,(H,17,19)(H,18,20)/t13-/m1/s1. The van der Waals surface area contributed by atoms with Crippen molar-refractivity contribution in [3.05, 3.63) is 35.9 Å². The molecule has 22 heavy (non-hydrogen) atoms. The molecule has 0 spiro atoms. The predicted molar refractivity (Wildman–Crippen MR) is 89.8 cm³/mol. The van der Waals surface area contributed by atoms with Gasteiger partial charge in [0.25, 0.3) is 0 Å². The van der Waals surface area contributed by atoms with Gasteiger partial charge in [-0.15, -0.1) is 0 Å². The first-order chi connectivity index (χ1) is 10.3. The number of rotatable bonds is 6. The fourth-order valence-electron chi connectivity index (χ4n) is 1.68. The molecule has 0 aliphatic rings. The van der Waals surface area contributed by atoms with Gasteiger partial charge in [0.2, 0.25) is 5.91 Å². The van der Waals surface area contributed by atoms with E-state index in [2.05, 4.69) is 10.6 Å². The second kappa shape index (κ2) is 8.68. The number of amides is 2. The van der Waals surface area contributed by atoms with Gasteiger partial charge in [0.1, 0.15) is 11.6 Å². The van der Waals surface area contributed by atoms with Crippen molar-refractivity contribution in [2.24, 2.45) is 0 Å². The van der Waals surface area contributed by atoms with Gasteiger partial charge >= 0.3 is 6.09 Å². The number of carbonyl (C=O) groups excluding carboxylic acids is 2. The Morgan fingerprint density at radius 3 is 2.41 bits per heavy atom. The van der Waals surface area contributed by atoms with Gasteiger partial charge in [0, 0.05) is 18.6 Å². The summed E-state index contributed by atoms with van der Waals surface area (Å²) >= 11 is 1.59. The number of likely N-dealkylation sites (N-methyl/N-ethyl adjacent to an activating group) is 1. The normalized spacial score (nSPS) is 12.4. The van der Waals surface area contributed by atoms with E-state index in [0.29, 0.717) is 5.75 Å². The molecule has 0 aliphatic carbocycles. The molecule has 2 amide bonds. The minimum Gasteiger partial charge on any atom is -0.444 e. The molecule has 0 radical (unpaired) electrons. The molecule has 0 aromatic heterocycles. The van der Waals surface area contributed by atoms with E-state index < -0.39 is 17.7 Å².